The molecule has 4 heteroatoms. The molecule has 0 unspecified atom stereocenters. The fraction of sp³-hybridized carbons (Fsp3) is 0.286. The third kappa shape index (κ3) is 1.75. The summed E-state index contributed by atoms with van der Waals surface area (Å²) < 4.78 is 7.17. The van der Waals surface area contributed by atoms with E-state index in [2.05, 4.69) is 17.2 Å². The largest absolute Gasteiger partial charge is 0.372 e. The lowest BCUT2D eigenvalue weighted by atomic mass is 10.0. The number of fused-ring (bicyclic) bond motifs is 1. The Morgan fingerprint density at radius 1 is 1.39 bits per heavy atom. The monoisotopic (exact) mass is 242 g/mol. The summed E-state index contributed by atoms with van der Waals surface area (Å²) >= 11 is 0. The summed E-state index contributed by atoms with van der Waals surface area (Å²) in [5.41, 5.74) is 4.78. The highest BCUT2D eigenvalue weighted by molar-refractivity contribution is 5.85. The maximum atomic E-state index is 11.1. The first-order chi connectivity index (χ1) is 8.81. The van der Waals surface area contributed by atoms with Gasteiger partial charge in [-0.15, -0.1) is 0 Å². The molecule has 0 bridgehead atoms. The molecule has 1 aromatic heterocycles. The predicted molar refractivity (Wildman–Crippen MR) is 67.2 cm³/mol. The topological polar surface area (TPSA) is 44.1 Å². The van der Waals surface area contributed by atoms with Gasteiger partial charge in [-0.2, -0.15) is 5.10 Å². The molecule has 18 heavy (non-hydrogen) atoms. The van der Waals surface area contributed by atoms with Gasteiger partial charge in [0.05, 0.1) is 18.8 Å². The standard InChI is InChI=1S/C14H14N2O2/c1-2-16-6-13(7-17)14(15-16)10-3-4-11-8-18-9-12(11)5-10/h3-7H,2,8-9H2,1H3. The fourth-order valence-electron chi connectivity index (χ4n) is 2.23. The van der Waals surface area contributed by atoms with Gasteiger partial charge in [0.1, 0.15) is 5.69 Å². The Kier molecular flexibility index (Phi) is 2.72. The molecular weight excluding hydrogens is 228 g/mol. The molecule has 0 amide bonds. The number of ether oxygens (including phenoxy) is 1. The second kappa shape index (κ2) is 4.38. The molecule has 4 nitrogen and oxygen atoms in total. The van der Waals surface area contributed by atoms with Crippen LogP contribution in [-0.4, -0.2) is 16.1 Å². The van der Waals surface area contributed by atoms with E-state index in [1.54, 1.807) is 10.9 Å². The number of hydrogen-bond donors (Lipinski definition) is 0. The van der Waals surface area contributed by atoms with Crippen LogP contribution in [0.4, 0.5) is 0 Å². The van der Waals surface area contributed by atoms with Crippen LogP contribution < -0.4 is 0 Å². The molecule has 3 rings (SSSR count). The van der Waals surface area contributed by atoms with Crippen LogP contribution in [0, 0.1) is 0 Å². The molecule has 2 heterocycles. The SMILES string of the molecule is CCn1cc(C=O)c(-c2ccc3c(c2)COC3)n1. The van der Waals surface area contributed by atoms with Crippen molar-refractivity contribution in [3.8, 4) is 11.3 Å². The van der Waals surface area contributed by atoms with Crippen molar-refractivity contribution < 1.29 is 9.53 Å². The zero-order valence-electron chi connectivity index (χ0n) is 10.2. The fourth-order valence-corrected chi connectivity index (χ4v) is 2.23. The molecule has 92 valence electrons. The van der Waals surface area contributed by atoms with Crippen LogP contribution in [-0.2, 0) is 24.5 Å². The summed E-state index contributed by atoms with van der Waals surface area (Å²) in [6.45, 7) is 4.09. The van der Waals surface area contributed by atoms with E-state index in [-0.39, 0.29) is 0 Å². The second-order valence-corrected chi connectivity index (χ2v) is 4.38. The Labute approximate surface area is 105 Å². The molecular formula is C14H14N2O2. The minimum Gasteiger partial charge on any atom is -0.372 e. The van der Waals surface area contributed by atoms with E-state index >= 15 is 0 Å². The maximum Gasteiger partial charge on any atom is 0.153 e. The number of rotatable bonds is 3. The number of hydrogen-bond acceptors (Lipinski definition) is 3. The van der Waals surface area contributed by atoms with Crippen molar-refractivity contribution >= 4 is 6.29 Å². The lowest BCUT2D eigenvalue weighted by Gasteiger charge is -2.01. The van der Waals surface area contributed by atoms with E-state index < -0.39 is 0 Å². The molecule has 0 N–H and O–H groups in total. The number of aldehydes is 1. The van der Waals surface area contributed by atoms with Gasteiger partial charge in [-0.25, -0.2) is 0 Å². The van der Waals surface area contributed by atoms with Crippen LogP contribution in [0.3, 0.4) is 0 Å². The van der Waals surface area contributed by atoms with Crippen molar-refractivity contribution in [2.24, 2.45) is 0 Å². The minimum absolute atomic E-state index is 0.635. The van der Waals surface area contributed by atoms with Gasteiger partial charge in [0, 0.05) is 18.3 Å². The molecule has 1 aliphatic rings. The number of aryl methyl sites for hydroxylation is 1. The van der Waals surface area contributed by atoms with Crippen LogP contribution in [0.25, 0.3) is 11.3 Å². The third-order valence-electron chi connectivity index (χ3n) is 3.24. The highest BCUT2D eigenvalue weighted by Crippen LogP contribution is 2.27. The van der Waals surface area contributed by atoms with Gasteiger partial charge in [0.15, 0.2) is 6.29 Å². The quantitative estimate of drug-likeness (QED) is 0.776. The number of carbonyl (C=O) groups excluding carboxylic acids is 1. The average Bonchev–Trinajstić information content (AvgIpc) is 3.03. The van der Waals surface area contributed by atoms with Crippen LogP contribution in [0.2, 0.25) is 0 Å². The highest BCUT2D eigenvalue weighted by atomic mass is 16.5. The number of benzene rings is 1. The number of aromatic nitrogens is 2. The van der Waals surface area contributed by atoms with Crippen molar-refractivity contribution in [3.05, 3.63) is 41.1 Å². The number of carbonyl (C=O) groups is 1. The summed E-state index contributed by atoms with van der Waals surface area (Å²) in [7, 11) is 0. The van der Waals surface area contributed by atoms with Gasteiger partial charge >= 0.3 is 0 Å². The molecule has 0 radical (unpaired) electrons. The molecule has 0 fully saturated rings. The van der Waals surface area contributed by atoms with Crippen LogP contribution in [0.15, 0.2) is 24.4 Å². The molecule has 0 atom stereocenters. The first kappa shape index (κ1) is 11.2. The summed E-state index contributed by atoms with van der Waals surface area (Å²) in [5.74, 6) is 0. The zero-order valence-corrected chi connectivity index (χ0v) is 10.2. The Morgan fingerprint density at radius 3 is 3.00 bits per heavy atom. The minimum atomic E-state index is 0.635. The Bertz CT molecular complexity index is 602. The smallest absolute Gasteiger partial charge is 0.153 e. The second-order valence-electron chi connectivity index (χ2n) is 4.38. The van der Waals surface area contributed by atoms with Crippen molar-refractivity contribution in [1.82, 2.24) is 9.78 Å². The Balaban J connectivity index is 2.09. The highest BCUT2D eigenvalue weighted by Gasteiger charge is 2.15. The van der Waals surface area contributed by atoms with E-state index in [0.717, 1.165) is 24.1 Å². The molecule has 0 saturated carbocycles. The maximum absolute atomic E-state index is 11.1. The lowest BCUT2D eigenvalue weighted by Crippen LogP contribution is -1.94. The molecule has 0 saturated heterocycles. The third-order valence-corrected chi connectivity index (χ3v) is 3.24. The van der Waals surface area contributed by atoms with Gasteiger partial charge in [-0.3, -0.25) is 9.48 Å². The van der Waals surface area contributed by atoms with Crippen LogP contribution in [0.5, 0.6) is 0 Å². The van der Waals surface area contributed by atoms with Gasteiger partial charge in [-0.05, 0) is 24.1 Å². The lowest BCUT2D eigenvalue weighted by molar-refractivity contribution is 0.112. The summed E-state index contributed by atoms with van der Waals surface area (Å²) in [4.78, 5) is 11.1. The van der Waals surface area contributed by atoms with Gasteiger partial charge in [-0.1, -0.05) is 12.1 Å². The van der Waals surface area contributed by atoms with Crippen molar-refractivity contribution in [2.75, 3.05) is 0 Å². The van der Waals surface area contributed by atoms with Crippen molar-refractivity contribution in [2.45, 2.75) is 26.7 Å². The molecule has 2 aromatic rings. The molecule has 1 aromatic carbocycles. The normalized spacial score (nSPS) is 13.6. The first-order valence-corrected chi connectivity index (χ1v) is 6.04. The van der Waals surface area contributed by atoms with E-state index in [9.17, 15) is 4.79 Å². The summed E-state index contributed by atoms with van der Waals surface area (Å²) in [6.07, 6.45) is 2.64. The van der Waals surface area contributed by atoms with Crippen LogP contribution >= 0.6 is 0 Å². The Hall–Kier alpha value is -1.94. The molecule has 0 spiro atoms. The Morgan fingerprint density at radius 2 is 2.22 bits per heavy atom. The summed E-state index contributed by atoms with van der Waals surface area (Å²) in [5, 5.41) is 4.44. The van der Waals surface area contributed by atoms with Gasteiger partial charge in [0.25, 0.3) is 0 Å². The van der Waals surface area contributed by atoms with Crippen molar-refractivity contribution in [3.63, 3.8) is 0 Å². The van der Waals surface area contributed by atoms with Gasteiger partial charge in [0.2, 0.25) is 0 Å². The predicted octanol–water partition coefficient (Wildman–Crippen LogP) is 2.41. The summed E-state index contributed by atoms with van der Waals surface area (Å²) in [6, 6.07) is 6.12. The average molecular weight is 242 g/mol. The van der Waals surface area contributed by atoms with Crippen LogP contribution in [0.1, 0.15) is 28.4 Å². The van der Waals surface area contributed by atoms with E-state index in [1.807, 2.05) is 13.0 Å². The zero-order chi connectivity index (χ0) is 12.5. The van der Waals surface area contributed by atoms with Gasteiger partial charge < -0.3 is 4.74 Å². The number of nitrogens with zero attached hydrogens (tertiary/aromatic N) is 2. The van der Waals surface area contributed by atoms with E-state index in [1.165, 1.54) is 11.1 Å². The van der Waals surface area contributed by atoms with Crippen molar-refractivity contribution in [1.29, 1.82) is 0 Å². The first-order valence-electron chi connectivity index (χ1n) is 6.04. The van der Waals surface area contributed by atoms with E-state index in [4.69, 9.17) is 4.74 Å². The molecule has 0 aliphatic carbocycles. The molecule has 1 aliphatic heterocycles. The van der Waals surface area contributed by atoms with E-state index in [0.29, 0.717) is 18.8 Å².